The Labute approximate surface area is 418 Å². The first-order chi connectivity index (χ1) is 31.8. The third kappa shape index (κ3) is 21.6. The van der Waals surface area contributed by atoms with E-state index < -0.39 is 6.36 Å². The minimum Gasteiger partial charge on any atom is -0.405 e. The van der Waals surface area contributed by atoms with Crippen molar-refractivity contribution in [3.8, 4) is 5.75 Å². The zero-order chi connectivity index (χ0) is 53.2. The van der Waals surface area contributed by atoms with Crippen LogP contribution >= 0.6 is 0 Å². The molecule has 0 spiro atoms. The van der Waals surface area contributed by atoms with Gasteiger partial charge in [-0.3, -0.25) is 0 Å². The number of hydrogen-bond donors (Lipinski definition) is 0. The standard InChI is InChI=1S/C13H17F3O.C13H19F.C13H20.C12H17F.C12H18/c1-8(2)10-5-6-11(9(3)4)12(7-10)17-13(14,15)16;1-8(2)11-7-13(14)12(9(3)4)6-10(11)5;1-9(2)12-6-7-13(10(3)4)11(5)8-12;1-8(2)10-5-6-11(9(3)4)12(13)7-10;1-9(2)11-5-7-12(8-6-11)10(3)4/h5-9H,1-4H3;6-9H,1-5H3;6-10H,1-5H3;5-9H,1-4H3;5-10H,1-4H3. The molecule has 0 N–H and O–H groups in total. The SMILES string of the molecule is CC(C)c1ccc(C(C)C)c(F)c1.CC(C)c1ccc(C(C)C)c(OC(F)(F)F)c1.CC(C)c1ccc(C(C)C)cc1.Cc1cc(C(C)C)c(F)cc1C(C)C.Cc1cc(C(C)C)ccc1C(C)C. The molecule has 0 bridgehead atoms. The van der Waals surface area contributed by atoms with Crippen LogP contribution in [0.3, 0.4) is 0 Å². The molecule has 0 aliphatic carbocycles. The number of hydrogen-bond acceptors (Lipinski definition) is 1. The molecule has 0 unspecified atom stereocenters. The van der Waals surface area contributed by atoms with Crippen LogP contribution in [0.15, 0.2) is 91.0 Å². The number of benzene rings is 5. The van der Waals surface area contributed by atoms with Gasteiger partial charge in [0.05, 0.1) is 0 Å². The molecule has 0 amide bonds. The fourth-order valence-electron chi connectivity index (χ4n) is 7.73. The molecule has 5 aromatic carbocycles. The molecule has 384 valence electrons. The summed E-state index contributed by atoms with van der Waals surface area (Å²) in [5, 5.41) is 0. The van der Waals surface area contributed by atoms with Gasteiger partial charge in [0.1, 0.15) is 17.4 Å². The maximum absolute atomic E-state index is 13.6. The number of rotatable bonds is 11. The molecule has 0 aromatic heterocycles. The van der Waals surface area contributed by atoms with E-state index in [0.29, 0.717) is 41.1 Å². The molecule has 69 heavy (non-hydrogen) atoms. The lowest BCUT2D eigenvalue weighted by Crippen LogP contribution is -2.18. The molecule has 5 aromatic rings. The van der Waals surface area contributed by atoms with E-state index in [1.54, 1.807) is 18.2 Å². The summed E-state index contributed by atoms with van der Waals surface area (Å²) >= 11 is 0. The van der Waals surface area contributed by atoms with E-state index in [1.807, 2.05) is 79.7 Å². The van der Waals surface area contributed by atoms with Gasteiger partial charge >= 0.3 is 6.36 Å². The molecule has 0 aliphatic heterocycles. The molecule has 0 saturated carbocycles. The van der Waals surface area contributed by atoms with Crippen LogP contribution in [0.1, 0.15) is 264 Å². The average molecular weight is 959 g/mol. The molecule has 6 heteroatoms. The van der Waals surface area contributed by atoms with E-state index in [9.17, 15) is 22.0 Å². The molecule has 5 rings (SSSR count). The van der Waals surface area contributed by atoms with Crippen LogP contribution in [-0.2, 0) is 0 Å². The Morgan fingerprint density at radius 1 is 0.304 bits per heavy atom. The van der Waals surface area contributed by atoms with E-state index in [2.05, 4.69) is 144 Å². The summed E-state index contributed by atoms with van der Waals surface area (Å²) in [5.41, 5.74) is 13.7. The Hall–Kier alpha value is -4.45. The Morgan fingerprint density at radius 2 is 0.609 bits per heavy atom. The smallest absolute Gasteiger partial charge is 0.405 e. The van der Waals surface area contributed by atoms with Crippen LogP contribution in [0.4, 0.5) is 22.0 Å². The van der Waals surface area contributed by atoms with Gasteiger partial charge in [-0.05, 0) is 158 Å². The zero-order valence-corrected chi connectivity index (χ0v) is 46.7. The Morgan fingerprint density at radius 3 is 0.942 bits per heavy atom. The summed E-state index contributed by atoms with van der Waals surface area (Å²) in [7, 11) is 0. The second-order valence-electron chi connectivity index (χ2n) is 21.7. The maximum Gasteiger partial charge on any atom is 0.573 e. The largest absolute Gasteiger partial charge is 0.573 e. The fourth-order valence-corrected chi connectivity index (χ4v) is 7.73. The van der Waals surface area contributed by atoms with Crippen molar-refractivity contribution in [3.63, 3.8) is 0 Å². The normalized spacial score (nSPS) is 11.6. The topological polar surface area (TPSA) is 9.23 Å². The second-order valence-corrected chi connectivity index (χ2v) is 21.7. The maximum atomic E-state index is 13.6. The molecular weight excluding hydrogens is 868 g/mol. The molecule has 0 fully saturated rings. The van der Waals surface area contributed by atoms with Crippen molar-refractivity contribution in [2.45, 2.75) is 218 Å². The summed E-state index contributed by atoms with van der Waals surface area (Å²) in [4.78, 5) is 0. The molecule has 0 heterocycles. The second kappa shape index (κ2) is 29.0. The zero-order valence-electron chi connectivity index (χ0n) is 46.7. The molecule has 1 nitrogen and oxygen atoms in total. The number of halogens is 5. The number of aryl methyl sites for hydroxylation is 2. The van der Waals surface area contributed by atoms with Crippen molar-refractivity contribution >= 4 is 0 Å². The first-order valence-corrected chi connectivity index (χ1v) is 25.5. The summed E-state index contributed by atoms with van der Waals surface area (Å²) in [6.07, 6.45) is -4.64. The predicted octanol–water partition coefficient (Wildman–Crippen LogP) is 21.5. The predicted molar refractivity (Wildman–Crippen MR) is 289 cm³/mol. The fraction of sp³-hybridized carbons (Fsp3) is 0.524. The van der Waals surface area contributed by atoms with Crippen molar-refractivity contribution in [3.05, 3.63) is 169 Å². The van der Waals surface area contributed by atoms with Crippen LogP contribution in [0.2, 0.25) is 0 Å². The van der Waals surface area contributed by atoms with Gasteiger partial charge in [0.2, 0.25) is 0 Å². The first kappa shape index (κ1) is 62.6. The highest BCUT2D eigenvalue weighted by atomic mass is 19.4. The van der Waals surface area contributed by atoms with Crippen LogP contribution in [-0.4, -0.2) is 6.36 Å². The van der Waals surface area contributed by atoms with Crippen molar-refractivity contribution in [1.29, 1.82) is 0 Å². The van der Waals surface area contributed by atoms with Crippen LogP contribution in [0.25, 0.3) is 0 Å². The first-order valence-electron chi connectivity index (χ1n) is 25.5. The van der Waals surface area contributed by atoms with Gasteiger partial charge in [0, 0.05) is 0 Å². The Balaban J connectivity index is 0.000000433. The summed E-state index contributed by atoms with van der Waals surface area (Å²) in [6.45, 7) is 46.1. The third-order valence-electron chi connectivity index (χ3n) is 12.3. The highest BCUT2D eigenvalue weighted by molar-refractivity contribution is 5.41. The average Bonchev–Trinajstić information content (AvgIpc) is 3.24. The highest BCUT2D eigenvalue weighted by Gasteiger charge is 2.32. The Bertz CT molecular complexity index is 2130. The van der Waals surface area contributed by atoms with Gasteiger partial charge in [-0.15, -0.1) is 13.2 Å². The lowest BCUT2D eigenvalue weighted by atomic mass is 9.92. The van der Waals surface area contributed by atoms with Crippen molar-refractivity contribution < 1.29 is 26.7 Å². The number of alkyl halides is 3. The van der Waals surface area contributed by atoms with Gasteiger partial charge in [0.25, 0.3) is 0 Å². The lowest BCUT2D eigenvalue weighted by molar-refractivity contribution is -0.275. The summed E-state index contributed by atoms with van der Waals surface area (Å²) < 4.78 is 68.1. The van der Waals surface area contributed by atoms with E-state index in [1.165, 1.54) is 39.4 Å². The number of ether oxygens (including phenoxy) is 1. The monoisotopic (exact) mass is 959 g/mol. The minimum atomic E-state index is -4.64. The molecule has 0 aliphatic rings. The molecule has 0 atom stereocenters. The Kier molecular flexibility index (Phi) is 26.3. The molecular formula is C63H91F5O. The summed E-state index contributed by atoms with van der Waals surface area (Å²) in [5.74, 6) is 3.84. The van der Waals surface area contributed by atoms with Gasteiger partial charge in [0.15, 0.2) is 0 Å². The van der Waals surface area contributed by atoms with Gasteiger partial charge in [-0.1, -0.05) is 211 Å². The van der Waals surface area contributed by atoms with Gasteiger partial charge in [-0.25, -0.2) is 8.78 Å². The van der Waals surface area contributed by atoms with E-state index in [0.717, 1.165) is 27.8 Å². The van der Waals surface area contributed by atoms with Crippen molar-refractivity contribution in [2.75, 3.05) is 0 Å². The van der Waals surface area contributed by atoms with Crippen molar-refractivity contribution in [1.82, 2.24) is 0 Å². The lowest BCUT2D eigenvalue weighted by Gasteiger charge is -2.17. The van der Waals surface area contributed by atoms with E-state index in [4.69, 9.17) is 0 Å². The quantitative estimate of drug-likeness (QED) is 0.120. The van der Waals surface area contributed by atoms with Gasteiger partial charge in [-0.2, -0.15) is 0 Å². The highest BCUT2D eigenvalue weighted by Crippen LogP contribution is 2.34. The van der Waals surface area contributed by atoms with Crippen LogP contribution in [0.5, 0.6) is 5.75 Å². The van der Waals surface area contributed by atoms with Gasteiger partial charge < -0.3 is 4.74 Å². The van der Waals surface area contributed by atoms with Crippen LogP contribution < -0.4 is 4.74 Å². The molecule has 0 radical (unpaired) electrons. The van der Waals surface area contributed by atoms with E-state index in [-0.39, 0.29) is 41.1 Å². The third-order valence-corrected chi connectivity index (χ3v) is 12.3. The minimum absolute atomic E-state index is 0.00596. The molecule has 0 saturated heterocycles. The van der Waals surface area contributed by atoms with Crippen molar-refractivity contribution in [2.24, 2.45) is 0 Å². The van der Waals surface area contributed by atoms with E-state index >= 15 is 0 Å². The summed E-state index contributed by atoms with van der Waals surface area (Å²) in [6, 6.07) is 30.1. The van der Waals surface area contributed by atoms with Crippen LogP contribution in [0, 0.1) is 25.5 Å².